The van der Waals surface area contributed by atoms with Crippen LogP contribution in [0.2, 0.25) is 0 Å². The summed E-state index contributed by atoms with van der Waals surface area (Å²) < 4.78 is 11.3. The van der Waals surface area contributed by atoms with Crippen molar-refractivity contribution in [1.82, 2.24) is 9.97 Å². The SMILES string of the molecule is c1ccc(COc2ccc(CSc3cc(N4CCOCC4)ncn3)cc2)cc1. The molecule has 0 saturated carbocycles. The Kier molecular flexibility index (Phi) is 6.42. The number of aromatic nitrogens is 2. The second-order valence-electron chi connectivity index (χ2n) is 6.52. The van der Waals surface area contributed by atoms with E-state index in [1.165, 1.54) is 11.1 Å². The van der Waals surface area contributed by atoms with E-state index in [2.05, 4.69) is 45.2 Å². The average molecular weight is 394 g/mol. The number of morpholine rings is 1. The Labute approximate surface area is 169 Å². The van der Waals surface area contributed by atoms with E-state index in [1.54, 1.807) is 18.1 Å². The second-order valence-corrected chi connectivity index (χ2v) is 7.52. The molecule has 0 N–H and O–H groups in total. The van der Waals surface area contributed by atoms with Crippen molar-refractivity contribution in [3.05, 3.63) is 78.1 Å². The van der Waals surface area contributed by atoms with Gasteiger partial charge in [-0.15, -0.1) is 11.8 Å². The lowest BCUT2D eigenvalue weighted by molar-refractivity contribution is 0.122. The molecule has 2 aromatic carbocycles. The molecule has 0 aliphatic carbocycles. The summed E-state index contributed by atoms with van der Waals surface area (Å²) in [7, 11) is 0. The van der Waals surface area contributed by atoms with Crippen LogP contribution in [0.5, 0.6) is 5.75 Å². The predicted molar refractivity (Wildman–Crippen MR) is 112 cm³/mol. The smallest absolute Gasteiger partial charge is 0.133 e. The van der Waals surface area contributed by atoms with Crippen molar-refractivity contribution in [3.63, 3.8) is 0 Å². The van der Waals surface area contributed by atoms with Crippen LogP contribution in [-0.2, 0) is 17.1 Å². The lowest BCUT2D eigenvalue weighted by Gasteiger charge is -2.27. The molecule has 3 aromatic rings. The second kappa shape index (κ2) is 9.57. The van der Waals surface area contributed by atoms with Gasteiger partial charge in [0, 0.05) is 24.9 Å². The third kappa shape index (κ3) is 5.24. The van der Waals surface area contributed by atoms with Gasteiger partial charge in [-0.2, -0.15) is 0 Å². The summed E-state index contributed by atoms with van der Waals surface area (Å²) in [4.78, 5) is 11.0. The zero-order valence-corrected chi connectivity index (χ0v) is 16.5. The first-order chi connectivity index (χ1) is 13.9. The molecule has 1 aromatic heterocycles. The molecule has 0 radical (unpaired) electrons. The number of hydrogen-bond donors (Lipinski definition) is 0. The van der Waals surface area contributed by atoms with E-state index < -0.39 is 0 Å². The van der Waals surface area contributed by atoms with E-state index >= 15 is 0 Å². The van der Waals surface area contributed by atoms with Crippen molar-refractivity contribution in [3.8, 4) is 5.75 Å². The Morgan fingerprint density at radius 1 is 0.929 bits per heavy atom. The summed E-state index contributed by atoms with van der Waals surface area (Å²) in [5.74, 6) is 2.72. The van der Waals surface area contributed by atoms with Gasteiger partial charge >= 0.3 is 0 Å². The molecule has 1 fully saturated rings. The lowest BCUT2D eigenvalue weighted by atomic mass is 10.2. The average Bonchev–Trinajstić information content (AvgIpc) is 2.78. The van der Waals surface area contributed by atoms with Crippen molar-refractivity contribution in [2.75, 3.05) is 31.2 Å². The van der Waals surface area contributed by atoms with E-state index in [0.717, 1.165) is 48.6 Å². The fourth-order valence-corrected chi connectivity index (χ4v) is 3.77. The minimum absolute atomic E-state index is 0.584. The molecule has 6 heteroatoms. The molecule has 1 aliphatic rings. The molecule has 4 rings (SSSR count). The number of ether oxygens (including phenoxy) is 2. The van der Waals surface area contributed by atoms with Crippen LogP contribution in [0.1, 0.15) is 11.1 Å². The minimum Gasteiger partial charge on any atom is -0.489 e. The maximum atomic E-state index is 5.85. The van der Waals surface area contributed by atoms with Gasteiger partial charge in [0.25, 0.3) is 0 Å². The standard InChI is InChI=1S/C22H23N3O2S/c1-2-4-18(5-3-1)15-27-20-8-6-19(7-9-20)16-28-22-14-21(23-17-24-22)25-10-12-26-13-11-25/h1-9,14,17H,10-13,15-16H2. The molecule has 0 unspecified atom stereocenters. The fraction of sp³-hybridized carbons (Fsp3) is 0.273. The van der Waals surface area contributed by atoms with Crippen molar-refractivity contribution >= 4 is 17.6 Å². The van der Waals surface area contributed by atoms with Crippen molar-refractivity contribution in [2.45, 2.75) is 17.4 Å². The number of hydrogen-bond acceptors (Lipinski definition) is 6. The molecule has 0 atom stereocenters. The molecule has 1 saturated heterocycles. The third-order valence-corrected chi connectivity index (χ3v) is 5.52. The molecular weight excluding hydrogens is 370 g/mol. The molecule has 1 aliphatic heterocycles. The highest BCUT2D eigenvalue weighted by atomic mass is 32.2. The van der Waals surface area contributed by atoms with E-state index in [0.29, 0.717) is 6.61 Å². The van der Waals surface area contributed by atoms with Crippen LogP contribution in [0.15, 0.2) is 72.0 Å². The van der Waals surface area contributed by atoms with Crippen molar-refractivity contribution in [1.29, 1.82) is 0 Å². The minimum atomic E-state index is 0.584. The van der Waals surface area contributed by atoms with E-state index in [9.17, 15) is 0 Å². The summed E-state index contributed by atoms with van der Waals surface area (Å²) in [6, 6.07) is 20.5. The van der Waals surface area contributed by atoms with E-state index in [-0.39, 0.29) is 0 Å². The lowest BCUT2D eigenvalue weighted by Crippen LogP contribution is -2.36. The van der Waals surface area contributed by atoms with Crippen LogP contribution < -0.4 is 9.64 Å². The molecular formula is C22H23N3O2S. The van der Waals surface area contributed by atoms with Gasteiger partial charge < -0.3 is 14.4 Å². The quantitative estimate of drug-likeness (QED) is 0.443. The Balaban J connectivity index is 1.30. The number of nitrogens with zero attached hydrogens (tertiary/aromatic N) is 3. The van der Waals surface area contributed by atoms with Crippen LogP contribution in [0.3, 0.4) is 0 Å². The summed E-state index contributed by atoms with van der Waals surface area (Å²) in [6.45, 7) is 3.85. The normalized spacial score (nSPS) is 14.1. The summed E-state index contributed by atoms with van der Waals surface area (Å²) in [5, 5.41) is 0.987. The highest BCUT2D eigenvalue weighted by molar-refractivity contribution is 7.98. The fourth-order valence-electron chi connectivity index (χ4n) is 2.95. The van der Waals surface area contributed by atoms with Crippen LogP contribution in [-0.4, -0.2) is 36.3 Å². The first kappa shape index (κ1) is 18.8. The molecule has 2 heterocycles. The zero-order chi connectivity index (χ0) is 19.0. The van der Waals surface area contributed by atoms with Crippen LogP contribution in [0.25, 0.3) is 0 Å². The highest BCUT2D eigenvalue weighted by Gasteiger charge is 2.13. The zero-order valence-electron chi connectivity index (χ0n) is 15.7. The maximum Gasteiger partial charge on any atom is 0.133 e. The van der Waals surface area contributed by atoms with E-state index in [1.807, 2.05) is 30.3 Å². The number of thioether (sulfide) groups is 1. The number of rotatable bonds is 7. The predicted octanol–water partition coefficient (Wildman–Crippen LogP) is 4.18. The summed E-state index contributed by atoms with van der Waals surface area (Å²) in [5.41, 5.74) is 2.41. The van der Waals surface area contributed by atoms with Crippen molar-refractivity contribution < 1.29 is 9.47 Å². The van der Waals surface area contributed by atoms with Gasteiger partial charge in [-0.1, -0.05) is 42.5 Å². The molecule has 0 spiro atoms. The molecule has 0 amide bonds. The Morgan fingerprint density at radius 3 is 2.50 bits per heavy atom. The van der Waals surface area contributed by atoms with Gasteiger partial charge in [0.2, 0.25) is 0 Å². The third-order valence-electron chi connectivity index (χ3n) is 4.52. The van der Waals surface area contributed by atoms with Crippen LogP contribution in [0, 0.1) is 0 Å². The largest absolute Gasteiger partial charge is 0.489 e. The molecule has 0 bridgehead atoms. The van der Waals surface area contributed by atoms with Crippen LogP contribution in [0.4, 0.5) is 5.82 Å². The summed E-state index contributed by atoms with van der Waals surface area (Å²) >= 11 is 1.72. The monoisotopic (exact) mass is 393 g/mol. The molecule has 28 heavy (non-hydrogen) atoms. The molecule has 144 valence electrons. The first-order valence-corrected chi connectivity index (χ1v) is 10.4. The van der Waals surface area contributed by atoms with Gasteiger partial charge in [-0.25, -0.2) is 9.97 Å². The molecule has 5 nitrogen and oxygen atoms in total. The van der Waals surface area contributed by atoms with Gasteiger partial charge in [0.1, 0.15) is 29.5 Å². The topological polar surface area (TPSA) is 47.5 Å². The van der Waals surface area contributed by atoms with Gasteiger partial charge in [-0.3, -0.25) is 0 Å². The maximum absolute atomic E-state index is 5.85. The van der Waals surface area contributed by atoms with E-state index in [4.69, 9.17) is 9.47 Å². The van der Waals surface area contributed by atoms with Crippen LogP contribution >= 0.6 is 11.8 Å². The Bertz CT molecular complexity index is 868. The van der Waals surface area contributed by atoms with Gasteiger partial charge in [-0.05, 0) is 23.3 Å². The number of anilines is 1. The Morgan fingerprint density at radius 2 is 1.71 bits per heavy atom. The van der Waals surface area contributed by atoms with Gasteiger partial charge in [0.05, 0.1) is 13.2 Å². The van der Waals surface area contributed by atoms with Crippen molar-refractivity contribution in [2.24, 2.45) is 0 Å². The highest BCUT2D eigenvalue weighted by Crippen LogP contribution is 2.25. The number of benzene rings is 2. The van der Waals surface area contributed by atoms with Gasteiger partial charge in [0.15, 0.2) is 0 Å². The first-order valence-electron chi connectivity index (χ1n) is 9.40. The Hall–Kier alpha value is -2.57. The summed E-state index contributed by atoms with van der Waals surface area (Å²) in [6.07, 6.45) is 1.65.